The Kier molecular flexibility index (Phi) is 4.14. The monoisotopic (exact) mass is 311 g/mol. The molecule has 96 valence electrons. The molecule has 1 amide bonds. The molecular formula is C11H14BrN5O. The van der Waals surface area contributed by atoms with E-state index in [1.807, 2.05) is 10.9 Å². The number of rotatable bonds is 5. The molecule has 0 saturated heterocycles. The average molecular weight is 312 g/mol. The van der Waals surface area contributed by atoms with Crippen LogP contribution in [0.1, 0.15) is 16.8 Å². The topological polar surface area (TPSA) is 64.7 Å². The SMILES string of the molecule is Cn1cc(C(=O)NCCCn2cc(Br)cn2)cn1. The molecule has 7 heteroatoms. The van der Waals surface area contributed by atoms with Gasteiger partial charge in [-0.25, -0.2) is 0 Å². The molecule has 0 aliphatic carbocycles. The molecule has 6 nitrogen and oxygen atoms in total. The van der Waals surface area contributed by atoms with Crippen molar-refractivity contribution in [2.24, 2.45) is 7.05 Å². The Morgan fingerprint density at radius 2 is 2.22 bits per heavy atom. The van der Waals surface area contributed by atoms with Gasteiger partial charge in [0.1, 0.15) is 0 Å². The smallest absolute Gasteiger partial charge is 0.254 e. The highest BCUT2D eigenvalue weighted by molar-refractivity contribution is 9.10. The fraction of sp³-hybridized carbons (Fsp3) is 0.364. The van der Waals surface area contributed by atoms with Crippen molar-refractivity contribution >= 4 is 21.8 Å². The van der Waals surface area contributed by atoms with Gasteiger partial charge in [0.15, 0.2) is 0 Å². The second kappa shape index (κ2) is 5.81. The van der Waals surface area contributed by atoms with E-state index in [4.69, 9.17) is 0 Å². The maximum atomic E-state index is 11.7. The van der Waals surface area contributed by atoms with E-state index in [1.54, 1.807) is 30.3 Å². The van der Waals surface area contributed by atoms with Crippen LogP contribution >= 0.6 is 15.9 Å². The maximum Gasteiger partial charge on any atom is 0.254 e. The van der Waals surface area contributed by atoms with Crippen molar-refractivity contribution in [2.45, 2.75) is 13.0 Å². The Balaban J connectivity index is 1.71. The predicted molar refractivity (Wildman–Crippen MR) is 70.1 cm³/mol. The third-order valence-electron chi connectivity index (χ3n) is 2.42. The van der Waals surface area contributed by atoms with Crippen molar-refractivity contribution in [3.05, 3.63) is 34.8 Å². The van der Waals surface area contributed by atoms with Crippen LogP contribution in [-0.4, -0.2) is 32.0 Å². The van der Waals surface area contributed by atoms with E-state index in [-0.39, 0.29) is 5.91 Å². The lowest BCUT2D eigenvalue weighted by Gasteiger charge is -2.03. The highest BCUT2D eigenvalue weighted by atomic mass is 79.9. The third-order valence-corrected chi connectivity index (χ3v) is 2.83. The average Bonchev–Trinajstić information content (AvgIpc) is 2.93. The van der Waals surface area contributed by atoms with Gasteiger partial charge in [0.2, 0.25) is 0 Å². The molecule has 0 aliphatic rings. The summed E-state index contributed by atoms with van der Waals surface area (Å²) in [5.74, 6) is -0.0928. The number of nitrogens with zero attached hydrogens (tertiary/aromatic N) is 4. The molecule has 0 aromatic carbocycles. The molecule has 2 heterocycles. The fourth-order valence-corrected chi connectivity index (χ4v) is 1.87. The van der Waals surface area contributed by atoms with E-state index in [0.29, 0.717) is 12.1 Å². The number of hydrogen-bond donors (Lipinski definition) is 1. The van der Waals surface area contributed by atoms with Crippen LogP contribution in [0.4, 0.5) is 0 Å². The molecule has 0 radical (unpaired) electrons. The number of nitrogens with one attached hydrogen (secondary N) is 1. The maximum absolute atomic E-state index is 11.7. The summed E-state index contributed by atoms with van der Waals surface area (Å²) < 4.78 is 4.40. The van der Waals surface area contributed by atoms with Crippen LogP contribution in [-0.2, 0) is 13.6 Å². The number of halogens is 1. The Morgan fingerprint density at radius 1 is 1.39 bits per heavy atom. The van der Waals surface area contributed by atoms with Gasteiger partial charge >= 0.3 is 0 Å². The second-order valence-corrected chi connectivity index (χ2v) is 4.85. The highest BCUT2D eigenvalue weighted by Gasteiger charge is 2.06. The van der Waals surface area contributed by atoms with E-state index in [9.17, 15) is 4.79 Å². The number of amides is 1. The fourth-order valence-electron chi connectivity index (χ4n) is 1.54. The van der Waals surface area contributed by atoms with Crippen molar-refractivity contribution in [1.82, 2.24) is 24.9 Å². The van der Waals surface area contributed by atoms with E-state index in [0.717, 1.165) is 17.4 Å². The molecule has 18 heavy (non-hydrogen) atoms. The molecule has 2 rings (SSSR count). The summed E-state index contributed by atoms with van der Waals surface area (Å²) in [5.41, 5.74) is 0.583. The van der Waals surface area contributed by atoms with Crippen LogP contribution in [0.25, 0.3) is 0 Å². The molecule has 0 saturated carbocycles. The van der Waals surface area contributed by atoms with Gasteiger partial charge in [0.05, 0.1) is 22.4 Å². The largest absolute Gasteiger partial charge is 0.352 e. The van der Waals surface area contributed by atoms with Crippen molar-refractivity contribution in [1.29, 1.82) is 0 Å². The van der Waals surface area contributed by atoms with E-state index < -0.39 is 0 Å². The van der Waals surface area contributed by atoms with Gasteiger partial charge in [-0.05, 0) is 22.4 Å². The minimum Gasteiger partial charge on any atom is -0.352 e. The zero-order valence-corrected chi connectivity index (χ0v) is 11.6. The van der Waals surface area contributed by atoms with Crippen molar-refractivity contribution in [2.75, 3.05) is 6.54 Å². The van der Waals surface area contributed by atoms with E-state index >= 15 is 0 Å². The lowest BCUT2D eigenvalue weighted by molar-refractivity contribution is 0.0952. The zero-order valence-electron chi connectivity index (χ0n) is 10.0. The summed E-state index contributed by atoms with van der Waals surface area (Å²) in [7, 11) is 1.78. The van der Waals surface area contributed by atoms with Gasteiger partial charge in [0, 0.05) is 32.5 Å². The molecule has 0 bridgehead atoms. The lowest BCUT2D eigenvalue weighted by Crippen LogP contribution is -2.25. The summed E-state index contributed by atoms with van der Waals surface area (Å²) in [5, 5.41) is 10.9. The third kappa shape index (κ3) is 3.43. The van der Waals surface area contributed by atoms with Crippen LogP contribution in [0.5, 0.6) is 0 Å². The number of carbonyl (C=O) groups is 1. The van der Waals surface area contributed by atoms with Gasteiger partial charge < -0.3 is 5.32 Å². The van der Waals surface area contributed by atoms with E-state index in [2.05, 4.69) is 31.4 Å². The van der Waals surface area contributed by atoms with Crippen LogP contribution in [0.15, 0.2) is 29.3 Å². The molecule has 0 unspecified atom stereocenters. The standard InChI is InChI=1S/C11H14BrN5O/c1-16-7-9(5-14-16)11(18)13-3-2-4-17-8-10(12)6-15-17/h5-8H,2-4H2,1H3,(H,13,18). The first kappa shape index (κ1) is 12.8. The quantitative estimate of drug-likeness (QED) is 0.844. The summed E-state index contributed by atoms with van der Waals surface area (Å²) >= 11 is 3.33. The minimum atomic E-state index is -0.0928. The van der Waals surface area contributed by atoms with Gasteiger partial charge in [-0.2, -0.15) is 10.2 Å². The van der Waals surface area contributed by atoms with E-state index in [1.165, 1.54) is 0 Å². The number of hydrogen-bond acceptors (Lipinski definition) is 3. The second-order valence-electron chi connectivity index (χ2n) is 3.93. The summed E-state index contributed by atoms with van der Waals surface area (Å²) in [6, 6.07) is 0. The Hall–Kier alpha value is -1.63. The summed E-state index contributed by atoms with van der Waals surface area (Å²) in [6.07, 6.45) is 7.73. The Labute approximate surface area is 113 Å². The van der Waals surface area contributed by atoms with Crippen molar-refractivity contribution in [3.8, 4) is 0 Å². The van der Waals surface area contributed by atoms with Crippen LogP contribution < -0.4 is 5.32 Å². The molecule has 0 atom stereocenters. The minimum absolute atomic E-state index is 0.0928. The molecule has 2 aromatic heterocycles. The number of aryl methyl sites for hydroxylation is 2. The van der Waals surface area contributed by atoms with Gasteiger partial charge in [-0.15, -0.1) is 0 Å². The first-order valence-corrected chi connectivity index (χ1v) is 6.39. The van der Waals surface area contributed by atoms with Gasteiger partial charge in [0.25, 0.3) is 5.91 Å². The molecule has 0 aliphatic heterocycles. The molecule has 1 N–H and O–H groups in total. The Morgan fingerprint density at radius 3 is 2.83 bits per heavy atom. The number of aromatic nitrogens is 4. The normalized spacial score (nSPS) is 10.6. The zero-order chi connectivity index (χ0) is 13.0. The lowest BCUT2D eigenvalue weighted by atomic mass is 10.3. The molecule has 0 spiro atoms. The molecular weight excluding hydrogens is 298 g/mol. The molecule has 2 aromatic rings. The highest BCUT2D eigenvalue weighted by Crippen LogP contribution is 2.06. The first-order valence-electron chi connectivity index (χ1n) is 5.60. The number of carbonyl (C=O) groups excluding carboxylic acids is 1. The Bertz CT molecular complexity index is 533. The van der Waals surface area contributed by atoms with Crippen LogP contribution in [0, 0.1) is 0 Å². The first-order chi connectivity index (χ1) is 8.65. The van der Waals surface area contributed by atoms with Crippen molar-refractivity contribution in [3.63, 3.8) is 0 Å². The summed E-state index contributed by atoms with van der Waals surface area (Å²) in [4.78, 5) is 11.7. The predicted octanol–water partition coefficient (Wildman–Crippen LogP) is 1.20. The summed E-state index contributed by atoms with van der Waals surface area (Å²) in [6.45, 7) is 1.39. The van der Waals surface area contributed by atoms with Crippen LogP contribution in [0.2, 0.25) is 0 Å². The van der Waals surface area contributed by atoms with Crippen molar-refractivity contribution < 1.29 is 4.79 Å². The van der Waals surface area contributed by atoms with Gasteiger partial charge in [-0.3, -0.25) is 14.2 Å². The van der Waals surface area contributed by atoms with Crippen LogP contribution in [0.3, 0.4) is 0 Å². The molecule has 0 fully saturated rings. The van der Waals surface area contributed by atoms with Gasteiger partial charge in [-0.1, -0.05) is 0 Å².